The Kier molecular flexibility index (Phi) is 6.41. The molecule has 0 atom stereocenters. The van der Waals surface area contributed by atoms with E-state index in [1.807, 2.05) is 67.6 Å². The van der Waals surface area contributed by atoms with Crippen LogP contribution in [-0.2, 0) is 6.61 Å². The van der Waals surface area contributed by atoms with Crippen LogP contribution in [-0.4, -0.2) is 22.3 Å². The number of para-hydroxylation sites is 1. The maximum absolute atomic E-state index is 12.4. The molecule has 0 saturated carbocycles. The van der Waals surface area contributed by atoms with E-state index < -0.39 is 0 Å². The van der Waals surface area contributed by atoms with E-state index in [0.29, 0.717) is 23.7 Å². The SMILES string of the molecule is Cc1ccc(/C=N\NC(=O)c2cc(-c3ccccc3OCc3ccc(C)cc3)n[nH]2)cc1. The molecule has 0 saturated heterocycles. The molecule has 6 nitrogen and oxygen atoms in total. The summed E-state index contributed by atoms with van der Waals surface area (Å²) in [5, 5.41) is 11.1. The van der Waals surface area contributed by atoms with Crippen molar-refractivity contribution in [3.8, 4) is 17.0 Å². The van der Waals surface area contributed by atoms with Gasteiger partial charge in [0.2, 0.25) is 0 Å². The number of rotatable bonds is 7. The summed E-state index contributed by atoms with van der Waals surface area (Å²) in [5.41, 5.74) is 8.62. The van der Waals surface area contributed by atoms with E-state index >= 15 is 0 Å². The van der Waals surface area contributed by atoms with Gasteiger partial charge in [-0.3, -0.25) is 9.89 Å². The molecule has 0 bridgehead atoms. The zero-order chi connectivity index (χ0) is 22.3. The normalized spacial score (nSPS) is 10.9. The molecule has 6 heteroatoms. The summed E-state index contributed by atoms with van der Waals surface area (Å²) in [6, 6.07) is 25.4. The Labute approximate surface area is 187 Å². The van der Waals surface area contributed by atoms with Gasteiger partial charge >= 0.3 is 0 Å². The number of hydrogen-bond donors (Lipinski definition) is 2. The summed E-state index contributed by atoms with van der Waals surface area (Å²) in [4.78, 5) is 12.4. The third-order valence-corrected chi connectivity index (χ3v) is 4.96. The standard InChI is InChI=1S/C26H24N4O2/c1-18-7-11-20(12-8-18)16-27-30-26(31)24-15-23(28-29-24)22-5-3-4-6-25(22)32-17-21-13-9-19(2)10-14-21/h3-16H,17H2,1-2H3,(H,28,29)(H,30,31)/b27-16-. The number of hydrazone groups is 1. The van der Waals surface area contributed by atoms with Crippen LogP contribution in [0.2, 0.25) is 0 Å². The molecule has 0 aliphatic carbocycles. The van der Waals surface area contributed by atoms with Gasteiger partial charge in [-0.2, -0.15) is 10.2 Å². The Morgan fingerprint density at radius 3 is 2.44 bits per heavy atom. The molecule has 0 fully saturated rings. The summed E-state index contributed by atoms with van der Waals surface area (Å²) >= 11 is 0. The molecule has 0 aliphatic heterocycles. The highest BCUT2D eigenvalue weighted by Crippen LogP contribution is 2.29. The summed E-state index contributed by atoms with van der Waals surface area (Å²) in [6.07, 6.45) is 1.60. The smallest absolute Gasteiger partial charge is 0.289 e. The van der Waals surface area contributed by atoms with E-state index in [4.69, 9.17) is 4.74 Å². The number of benzene rings is 3. The van der Waals surface area contributed by atoms with Crippen molar-refractivity contribution in [3.05, 3.63) is 107 Å². The van der Waals surface area contributed by atoms with Crippen LogP contribution < -0.4 is 10.2 Å². The molecule has 4 aromatic rings. The highest BCUT2D eigenvalue weighted by Gasteiger charge is 2.13. The minimum Gasteiger partial charge on any atom is -0.488 e. The second-order valence-electron chi connectivity index (χ2n) is 7.55. The van der Waals surface area contributed by atoms with E-state index in [2.05, 4.69) is 39.8 Å². The van der Waals surface area contributed by atoms with E-state index in [1.165, 1.54) is 11.1 Å². The third-order valence-electron chi connectivity index (χ3n) is 4.96. The summed E-state index contributed by atoms with van der Waals surface area (Å²) in [5.74, 6) is 0.328. The lowest BCUT2D eigenvalue weighted by Gasteiger charge is -2.10. The van der Waals surface area contributed by atoms with Crippen molar-refractivity contribution in [3.63, 3.8) is 0 Å². The van der Waals surface area contributed by atoms with Crippen molar-refractivity contribution >= 4 is 12.1 Å². The molecule has 160 valence electrons. The Morgan fingerprint density at radius 1 is 1.00 bits per heavy atom. The number of nitrogens with zero attached hydrogens (tertiary/aromatic N) is 2. The van der Waals surface area contributed by atoms with Crippen LogP contribution in [0.15, 0.2) is 84.0 Å². The molecule has 0 unspecified atom stereocenters. The Hall–Kier alpha value is -4.19. The molecule has 1 heterocycles. The number of hydrogen-bond acceptors (Lipinski definition) is 4. The van der Waals surface area contributed by atoms with Gasteiger partial charge in [-0.05, 0) is 43.2 Å². The quantitative estimate of drug-likeness (QED) is 0.322. The Bertz CT molecular complexity index is 1230. The minimum absolute atomic E-state index is 0.314. The number of aromatic nitrogens is 2. The fourth-order valence-corrected chi connectivity index (χ4v) is 3.10. The molecule has 0 spiro atoms. The van der Waals surface area contributed by atoms with Gasteiger partial charge in [0.1, 0.15) is 18.1 Å². The zero-order valence-corrected chi connectivity index (χ0v) is 18.0. The first-order valence-corrected chi connectivity index (χ1v) is 10.3. The molecule has 0 aliphatic rings. The van der Waals surface area contributed by atoms with Crippen LogP contribution in [0.5, 0.6) is 5.75 Å². The lowest BCUT2D eigenvalue weighted by atomic mass is 10.1. The predicted molar refractivity (Wildman–Crippen MR) is 126 cm³/mol. The van der Waals surface area contributed by atoms with Crippen LogP contribution in [0.1, 0.15) is 32.7 Å². The molecule has 0 radical (unpaired) electrons. The number of amides is 1. The number of carbonyl (C=O) groups is 1. The molecular formula is C26H24N4O2. The number of aromatic amines is 1. The lowest BCUT2D eigenvalue weighted by Crippen LogP contribution is -2.17. The first-order chi connectivity index (χ1) is 15.6. The second kappa shape index (κ2) is 9.75. The number of H-pyrrole nitrogens is 1. The van der Waals surface area contributed by atoms with Crippen molar-refractivity contribution < 1.29 is 9.53 Å². The zero-order valence-electron chi connectivity index (χ0n) is 18.0. The fraction of sp³-hybridized carbons (Fsp3) is 0.115. The van der Waals surface area contributed by atoms with Gasteiger partial charge < -0.3 is 4.74 Å². The minimum atomic E-state index is -0.370. The van der Waals surface area contributed by atoms with Crippen LogP contribution >= 0.6 is 0 Å². The van der Waals surface area contributed by atoms with Gasteiger partial charge in [0.25, 0.3) is 5.91 Å². The van der Waals surface area contributed by atoms with Crippen LogP contribution in [0.4, 0.5) is 0 Å². The van der Waals surface area contributed by atoms with Crippen molar-refractivity contribution in [1.82, 2.24) is 15.6 Å². The van der Waals surface area contributed by atoms with Crippen LogP contribution in [0.3, 0.4) is 0 Å². The average Bonchev–Trinajstić information content (AvgIpc) is 3.30. The third kappa shape index (κ3) is 5.29. The topological polar surface area (TPSA) is 79.4 Å². The van der Waals surface area contributed by atoms with Crippen LogP contribution in [0.25, 0.3) is 11.3 Å². The Morgan fingerprint density at radius 2 is 1.69 bits per heavy atom. The maximum atomic E-state index is 12.4. The second-order valence-corrected chi connectivity index (χ2v) is 7.55. The molecule has 1 amide bonds. The number of aryl methyl sites for hydroxylation is 2. The molecule has 32 heavy (non-hydrogen) atoms. The molecule has 1 aromatic heterocycles. The lowest BCUT2D eigenvalue weighted by molar-refractivity contribution is 0.0950. The predicted octanol–water partition coefficient (Wildman–Crippen LogP) is 5.04. The van der Waals surface area contributed by atoms with E-state index in [0.717, 1.165) is 16.7 Å². The fourth-order valence-electron chi connectivity index (χ4n) is 3.10. The van der Waals surface area contributed by atoms with E-state index in [1.54, 1.807) is 12.3 Å². The largest absolute Gasteiger partial charge is 0.488 e. The van der Waals surface area contributed by atoms with Gasteiger partial charge in [0.15, 0.2) is 0 Å². The summed E-state index contributed by atoms with van der Waals surface area (Å²) in [6.45, 7) is 4.52. The van der Waals surface area contributed by atoms with E-state index in [-0.39, 0.29) is 5.91 Å². The van der Waals surface area contributed by atoms with Crippen molar-refractivity contribution in [2.45, 2.75) is 20.5 Å². The first-order valence-electron chi connectivity index (χ1n) is 10.3. The molecular weight excluding hydrogens is 400 g/mol. The molecule has 2 N–H and O–H groups in total. The molecule has 3 aromatic carbocycles. The average molecular weight is 425 g/mol. The molecule has 4 rings (SSSR count). The van der Waals surface area contributed by atoms with Crippen molar-refractivity contribution in [2.24, 2.45) is 5.10 Å². The van der Waals surface area contributed by atoms with Gasteiger partial charge in [-0.15, -0.1) is 0 Å². The van der Waals surface area contributed by atoms with Crippen molar-refractivity contribution in [2.75, 3.05) is 0 Å². The monoisotopic (exact) mass is 424 g/mol. The highest BCUT2D eigenvalue weighted by atomic mass is 16.5. The highest BCUT2D eigenvalue weighted by molar-refractivity contribution is 5.94. The first kappa shape index (κ1) is 21.1. The number of nitrogens with one attached hydrogen (secondary N) is 2. The van der Waals surface area contributed by atoms with Gasteiger partial charge in [0.05, 0.1) is 11.9 Å². The number of ether oxygens (including phenoxy) is 1. The summed E-state index contributed by atoms with van der Waals surface area (Å²) < 4.78 is 6.03. The van der Waals surface area contributed by atoms with Gasteiger partial charge in [-0.25, -0.2) is 5.43 Å². The van der Waals surface area contributed by atoms with Crippen molar-refractivity contribution in [1.29, 1.82) is 0 Å². The summed E-state index contributed by atoms with van der Waals surface area (Å²) in [7, 11) is 0. The van der Waals surface area contributed by atoms with E-state index in [9.17, 15) is 4.79 Å². The Balaban J connectivity index is 1.43. The number of carbonyl (C=O) groups excluding carboxylic acids is 1. The maximum Gasteiger partial charge on any atom is 0.289 e. The van der Waals surface area contributed by atoms with Gasteiger partial charge in [0, 0.05) is 5.56 Å². The van der Waals surface area contributed by atoms with Gasteiger partial charge in [-0.1, -0.05) is 71.8 Å². The van der Waals surface area contributed by atoms with Crippen LogP contribution in [0, 0.1) is 13.8 Å².